The minimum Gasteiger partial charge on any atom is -0.497 e. The van der Waals surface area contributed by atoms with Crippen LogP contribution in [0.3, 0.4) is 0 Å². The number of aryl methyl sites for hydroxylation is 1. The summed E-state index contributed by atoms with van der Waals surface area (Å²) < 4.78 is 32.8. The number of carbonyl (C=O) groups is 1. The zero-order valence-electron chi connectivity index (χ0n) is 18.4. The van der Waals surface area contributed by atoms with Gasteiger partial charge in [-0.3, -0.25) is 4.79 Å². The Labute approximate surface area is 189 Å². The number of hydrogen-bond acceptors (Lipinski definition) is 4. The first-order chi connectivity index (χ1) is 15.4. The predicted molar refractivity (Wildman–Crippen MR) is 125 cm³/mol. The van der Waals surface area contributed by atoms with Crippen LogP contribution in [0.15, 0.2) is 59.5 Å². The van der Waals surface area contributed by atoms with Gasteiger partial charge in [0.25, 0.3) is 5.91 Å². The number of nitrogens with one attached hydrogen (secondary N) is 1. The summed E-state index contributed by atoms with van der Waals surface area (Å²) in [5.41, 5.74) is 2.09. The van der Waals surface area contributed by atoms with Gasteiger partial charge >= 0.3 is 0 Å². The van der Waals surface area contributed by atoms with Crippen molar-refractivity contribution in [2.45, 2.75) is 37.6 Å². The SMILES string of the molecule is COc1ccc2cc(CNC(=O)c3cc(S(=O)(=O)N4CCCCC4)ccc3C)ccc2c1. The van der Waals surface area contributed by atoms with Crippen molar-refractivity contribution in [3.05, 3.63) is 71.3 Å². The molecule has 6 nitrogen and oxygen atoms in total. The van der Waals surface area contributed by atoms with E-state index in [1.165, 1.54) is 10.4 Å². The van der Waals surface area contributed by atoms with Gasteiger partial charge in [-0.2, -0.15) is 4.31 Å². The van der Waals surface area contributed by atoms with Gasteiger partial charge in [0.1, 0.15) is 5.75 Å². The van der Waals surface area contributed by atoms with Gasteiger partial charge < -0.3 is 10.1 Å². The first-order valence-corrected chi connectivity index (χ1v) is 12.3. The molecular formula is C25H28N2O4S. The second kappa shape index (κ2) is 9.30. The summed E-state index contributed by atoms with van der Waals surface area (Å²) in [5.74, 6) is 0.515. The van der Waals surface area contributed by atoms with E-state index in [9.17, 15) is 13.2 Å². The van der Waals surface area contributed by atoms with Gasteiger partial charge in [-0.1, -0.05) is 30.7 Å². The quantitative estimate of drug-likeness (QED) is 0.606. The van der Waals surface area contributed by atoms with Crippen molar-refractivity contribution in [1.82, 2.24) is 9.62 Å². The number of hydrogen-bond donors (Lipinski definition) is 1. The molecule has 1 amide bonds. The Bertz CT molecular complexity index is 1250. The summed E-state index contributed by atoms with van der Waals surface area (Å²) in [4.78, 5) is 13.1. The Morgan fingerprint density at radius 1 is 0.969 bits per heavy atom. The third-order valence-electron chi connectivity index (χ3n) is 5.97. The second-order valence-electron chi connectivity index (χ2n) is 8.17. The van der Waals surface area contributed by atoms with E-state index in [2.05, 4.69) is 5.32 Å². The lowest BCUT2D eigenvalue weighted by atomic mass is 10.1. The van der Waals surface area contributed by atoms with E-state index in [0.717, 1.165) is 46.9 Å². The lowest BCUT2D eigenvalue weighted by molar-refractivity contribution is 0.0950. The van der Waals surface area contributed by atoms with Crippen LogP contribution in [-0.2, 0) is 16.6 Å². The monoisotopic (exact) mass is 452 g/mol. The van der Waals surface area contributed by atoms with Gasteiger partial charge in [0.2, 0.25) is 10.0 Å². The predicted octanol–water partition coefficient (Wildman–Crippen LogP) is 4.26. The number of benzene rings is 3. The molecular weight excluding hydrogens is 424 g/mol. The van der Waals surface area contributed by atoms with Gasteiger partial charge in [0.05, 0.1) is 12.0 Å². The van der Waals surface area contributed by atoms with Gasteiger partial charge in [0, 0.05) is 25.2 Å². The van der Waals surface area contributed by atoms with Crippen molar-refractivity contribution in [1.29, 1.82) is 0 Å². The summed E-state index contributed by atoms with van der Waals surface area (Å²) >= 11 is 0. The van der Waals surface area contributed by atoms with Gasteiger partial charge in [-0.05, 0) is 72.0 Å². The maximum atomic E-state index is 13.0. The third-order valence-corrected chi connectivity index (χ3v) is 7.87. The number of carbonyl (C=O) groups excluding carboxylic acids is 1. The maximum absolute atomic E-state index is 13.0. The van der Waals surface area contributed by atoms with Crippen LogP contribution in [0.25, 0.3) is 10.8 Å². The number of fused-ring (bicyclic) bond motifs is 1. The number of sulfonamides is 1. The lowest BCUT2D eigenvalue weighted by Gasteiger charge is -2.26. The summed E-state index contributed by atoms with van der Waals surface area (Å²) in [6, 6.07) is 16.6. The van der Waals surface area contributed by atoms with Crippen LogP contribution < -0.4 is 10.1 Å². The average molecular weight is 453 g/mol. The molecule has 0 radical (unpaired) electrons. The van der Waals surface area contributed by atoms with Crippen molar-refractivity contribution in [3.8, 4) is 5.75 Å². The molecule has 0 aliphatic carbocycles. The molecule has 4 rings (SSSR count). The summed E-state index contributed by atoms with van der Waals surface area (Å²) in [6.07, 6.45) is 2.80. The molecule has 0 bridgehead atoms. The first-order valence-electron chi connectivity index (χ1n) is 10.8. The van der Waals surface area contributed by atoms with Crippen molar-refractivity contribution in [2.24, 2.45) is 0 Å². The molecule has 3 aromatic rings. The van der Waals surface area contributed by atoms with Crippen molar-refractivity contribution >= 4 is 26.7 Å². The molecule has 1 N–H and O–H groups in total. The van der Waals surface area contributed by atoms with Crippen molar-refractivity contribution in [3.63, 3.8) is 0 Å². The van der Waals surface area contributed by atoms with Crippen molar-refractivity contribution in [2.75, 3.05) is 20.2 Å². The first kappa shape index (κ1) is 22.3. The van der Waals surface area contributed by atoms with Crippen LogP contribution in [0, 0.1) is 6.92 Å². The number of methoxy groups -OCH3 is 1. The molecule has 0 unspecified atom stereocenters. The van der Waals surface area contributed by atoms with Crippen LogP contribution >= 0.6 is 0 Å². The standard InChI is InChI=1S/C25H28N2O4S/c1-18-6-11-23(32(29,30)27-12-4-3-5-13-27)16-24(18)25(28)26-17-19-7-8-21-15-22(31-2)10-9-20(21)14-19/h6-11,14-16H,3-5,12-13,17H2,1-2H3,(H,26,28). The summed E-state index contributed by atoms with van der Waals surface area (Å²) in [7, 11) is -1.95. The zero-order valence-corrected chi connectivity index (χ0v) is 19.2. The molecule has 1 fully saturated rings. The van der Waals surface area contributed by atoms with E-state index in [4.69, 9.17) is 4.74 Å². The number of ether oxygens (including phenoxy) is 1. The highest BCUT2D eigenvalue weighted by atomic mass is 32.2. The average Bonchev–Trinajstić information content (AvgIpc) is 2.82. The molecule has 32 heavy (non-hydrogen) atoms. The van der Waals surface area contributed by atoms with Gasteiger partial charge in [-0.25, -0.2) is 8.42 Å². The van der Waals surface area contributed by atoms with Gasteiger partial charge in [0.15, 0.2) is 0 Å². The lowest BCUT2D eigenvalue weighted by Crippen LogP contribution is -2.35. The maximum Gasteiger partial charge on any atom is 0.251 e. The van der Waals surface area contributed by atoms with E-state index >= 15 is 0 Å². The van der Waals surface area contributed by atoms with E-state index in [-0.39, 0.29) is 10.8 Å². The minimum absolute atomic E-state index is 0.176. The van der Waals surface area contributed by atoms with E-state index < -0.39 is 10.0 Å². The molecule has 1 heterocycles. The fraction of sp³-hybridized carbons (Fsp3) is 0.320. The number of rotatable bonds is 6. The molecule has 7 heteroatoms. The Hall–Kier alpha value is -2.90. The second-order valence-corrected chi connectivity index (χ2v) is 10.1. The molecule has 0 aromatic heterocycles. The van der Waals surface area contributed by atoms with Crippen LogP contribution in [0.2, 0.25) is 0 Å². The number of nitrogens with zero attached hydrogens (tertiary/aromatic N) is 1. The Morgan fingerprint density at radius 2 is 1.69 bits per heavy atom. The topological polar surface area (TPSA) is 75.7 Å². The number of amides is 1. The Kier molecular flexibility index (Phi) is 6.48. The molecule has 1 saturated heterocycles. The molecule has 0 saturated carbocycles. The van der Waals surface area contributed by atoms with E-state index in [0.29, 0.717) is 25.2 Å². The highest BCUT2D eigenvalue weighted by molar-refractivity contribution is 7.89. The third kappa shape index (κ3) is 4.64. The fourth-order valence-electron chi connectivity index (χ4n) is 4.05. The van der Waals surface area contributed by atoms with E-state index in [1.54, 1.807) is 19.2 Å². The largest absolute Gasteiger partial charge is 0.497 e. The molecule has 168 valence electrons. The molecule has 0 spiro atoms. The van der Waals surface area contributed by atoms with Crippen LogP contribution in [0.5, 0.6) is 5.75 Å². The smallest absolute Gasteiger partial charge is 0.251 e. The summed E-state index contributed by atoms with van der Waals surface area (Å²) in [6.45, 7) is 3.23. The van der Waals surface area contributed by atoms with Crippen LogP contribution in [-0.4, -0.2) is 38.8 Å². The molecule has 1 aliphatic rings. The van der Waals surface area contributed by atoms with Crippen LogP contribution in [0.1, 0.15) is 40.7 Å². The Morgan fingerprint density at radius 3 is 2.44 bits per heavy atom. The highest BCUT2D eigenvalue weighted by Gasteiger charge is 2.27. The normalized spacial score (nSPS) is 14.9. The minimum atomic E-state index is -3.59. The fourth-order valence-corrected chi connectivity index (χ4v) is 5.59. The van der Waals surface area contributed by atoms with Gasteiger partial charge in [-0.15, -0.1) is 0 Å². The Balaban J connectivity index is 1.51. The molecule has 3 aromatic carbocycles. The molecule has 1 aliphatic heterocycles. The summed E-state index contributed by atoms with van der Waals surface area (Å²) in [5, 5.41) is 5.05. The van der Waals surface area contributed by atoms with E-state index in [1.807, 2.05) is 43.3 Å². The van der Waals surface area contributed by atoms with Crippen LogP contribution in [0.4, 0.5) is 0 Å². The molecule has 0 atom stereocenters. The van der Waals surface area contributed by atoms with Crippen molar-refractivity contribution < 1.29 is 17.9 Å². The highest BCUT2D eigenvalue weighted by Crippen LogP contribution is 2.24. The number of piperidine rings is 1. The zero-order chi connectivity index (χ0) is 22.7.